The van der Waals surface area contributed by atoms with Gasteiger partial charge in [0, 0.05) is 12.8 Å². The lowest BCUT2D eigenvalue weighted by molar-refractivity contribution is -0.139. The number of unbranched alkanes of at least 4 members (excludes halogenated alkanes) is 5. The van der Waals surface area contributed by atoms with Crippen LogP contribution in [0, 0.1) is 12.0 Å². The Hall–Kier alpha value is -1.74. The number of carboxylic acids is 1. The summed E-state index contributed by atoms with van der Waals surface area (Å²) >= 11 is 0. The average molecular weight is 300 g/mol. The van der Waals surface area contributed by atoms with E-state index in [0.29, 0.717) is 0 Å². The molecule has 1 amide bonds. The van der Waals surface area contributed by atoms with Gasteiger partial charge in [-0.05, 0) is 19.9 Å². The van der Waals surface area contributed by atoms with Crippen molar-refractivity contribution in [2.24, 2.45) is 5.73 Å². The molecule has 0 saturated heterocycles. The number of hydrogen-bond donors (Lipinski definition) is 4. The van der Waals surface area contributed by atoms with Crippen molar-refractivity contribution in [3.05, 3.63) is 0 Å². The van der Waals surface area contributed by atoms with E-state index >= 15 is 0 Å². The van der Waals surface area contributed by atoms with Gasteiger partial charge in [-0.2, -0.15) is 0 Å². The van der Waals surface area contributed by atoms with Crippen LogP contribution in [0.4, 0.5) is 0 Å². The predicted octanol–water partition coefficient (Wildman–Crippen LogP) is 1.60. The lowest BCUT2D eigenvalue weighted by atomic mass is 10.1. The molecule has 122 valence electrons. The second kappa shape index (κ2) is 16.3. The molecule has 0 heterocycles. The van der Waals surface area contributed by atoms with E-state index in [-0.39, 0.29) is 12.8 Å². The fourth-order valence-electron chi connectivity index (χ4n) is 1.55. The Balaban J connectivity index is 0. The first-order valence-electron chi connectivity index (χ1n) is 7.29. The number of likely N-dealkylation sites (N-methyl/N-ethyl adjacent to an activating group) is 1. The van der Waals surface area contributed by atoms with E-state index in [1.165, 1.54) is 32.7 Å². The van der Waals surface area contributed by atoms with Crippen molar-refractivity contribution >= 4 is 11.9 Å². The summed E-state index contributed by atoms with van der Waals surface area (Å²) in [6, 6.07) is -0.678. The molecule has 0 aromatic heterocycles. The Bertz CT molecular complexity index is 334. The van der Waals surface area contributed by atoms with E-state index in [9.17, 15) is 9.59 Å². The fraction of sp³-hybridized carbons (Fsp3) is 0.733. The first-order valence-corrected chi connectivity index (χ1v) is 7.29. The molecular formula is C15H28N2O4. The average Bonchev–Trinajstić information content (AvgIpc) is 2.43. The number of hydrogen-bond acceptors (Lipinski definition) is 4. The van der Waals surface area contributed by atoms with Gasteiger partial charge < -0.3 is 21.3 Å². The zero-order valence-corrected chi connectivity index (χ0v) is 13.0. The van der Waals surface area contributed by atoms with Crippen LogP contribution in [0.5, 0.6) is 0 Å². The highest BCUT2D eigenvalue weighted by Crippen LogP contribution is 2.03. The third-order valence-corrected chi connectivity index (χ3v) is 2.81. The van der Waals surface area contributed by atoms with Crippen molar-refractivity contribution in [3.8, 4) is 12.0 Å². The number of carboxylic acid groups (broad SMARTS) is 1. The van der Waals surface area contributed by atoms with Crippen LogP contribution in [0.25, 0.3) is 0 Å². The summed E-state index contributed by atoms with van der Waals surface area (Å²) in [5.74, 6) is 1.19. The summed E-state index contributed by atoms with van der Waals surface area (Å²) in [5, 5.41) is 19.1. The Morgan fingerprint density at radius 1 is 1.24 bits per heavy atom. The van der Waals surface area contributed by atoms with Crippen LogP contribution in [0.15, 0.2) is 0 Å². The number of carbonyl (C=O) groups is 2. The van der Waals surface area contributed by atoms with Crippen molar-refractivity contribution in [1.82, 2.24) is 5.32 Å². The number of amides is 1. The second-order valence-electron chi connectivity index (χ2n) is 4.64. The molecule has 0 spiro atoms. The predicted molar refractivity (Wildman–Crippen MR) is 82.0 cm³/mol. The largest absolute Gasteiger partial charge is 0.480 e. The first-order chi connectivity index (χ1) is 9.99. The van der Waals surface area contributed by atoms with E-state index < -0.39 is 17.9 Å². The molecule has 21 heavy (non-hydrogen) atoms. The first kappa shape index (κ1) is 21.6. The van der Waals surface area contributed by atoms with Gasteiger partial charge in [0.1, 0.15) is 12.1 Å². The molecule has 0 bridgehead atoms. The van der Waals surface area contributed by atoms with Gasteiger partial charge in [0.25, 0.3) is 0 Å². The van der Waals surface area contributed by atoms with E-state index in [2.05, 4.69) is 18.2 Å². The van der Waals surface area contributed by atoms with Gasteiger partial charge in [0.2, 0.25) is 5.91 Å². The molecule has 0 rings (SSSR count). The molecule has 0 aliphatic carbocycles. The third-order valence-electron chi connectivity index (χ3n) is 2.81. The number of primary amides is 1. The highest BCUT2D eigenvalue weighted by atomic mass is 16.4. The lowest BCUT2D eigenvalue weighted by Gasteiger charge is -2.08. The minimum Gasteiger partial charge on any atom is -0.480 e. The van der Waals surface area contributed by atoms with Gasteiger partial charge in [-0.1, -0.05) is 38.5 Å². The molecule has 0 aromatic carbocycles. The molecule has 0 saturated carbocycles. The third kappa shape index (κ3) is 18.3. The summed E-state index contributed by atoms with van der Waals surface area (Å²) < 4.78 is 0. The molecule has 0 unspecified atom stereocenters. The number of rotatable bonds is 10. The monoisotopic (exact) mass is 300 g/mol. The molecule has 6 heteroatoms. The van der Waals surface area contributed by atoms with Crippen LogP contribution in [0.3, 0.4) is 0 Å². The van der Waals surface area contributed by atoms with Gasteiger partial charge in [0.15, 0.2) is 0 Å². The van der Waals surface area contributed by atoms with Crippen LogP contribution in [0.2, 0.25) is 0 Å². The van der Waals surface area contributed by atoms with Crippen molar-refractivity contribution in [1.29, 1.82) is 0 Å². The SMILES string of the molecule is CCCCCCCC#CO.CN[C@H](CCC(N)=O)C(=O)O. The standard InChI is InChI=1S/C9H16O.C6H12N2O3/c1-2-3-4-5-6-7-8-9-10;1-8-4(6(10)11)2-3-5(7)9/h10H,2-7H2,1H3;4,8H,2-3H2,1H3,(H2,7,9)(H,10,11)/t;4-/m.1/s1. The molecule has 0 aliphatic heterocycles. The highest BCUT2D eigenvalue weighted by molar-refractivity contribution is 5.77. The summed E-state index contributed by atoms with van der Waals surface area (Å²) in [6.45, 7) is 2.20. The molecule has 5 N–H and O–H groups in total. The number of carbonyl (C=O) groups excluding carboxylic acids is 1. The maximum Gasteiger partial charge on any atom is 0.320 e. The van der Waals surface area contributed by atoms with E-state index in [4.69, 9.17) is 15.9 Å². The molecule has 0 aliphatic rings. The van der Waals surface area contributed by atoms with Crippen molar-refractivity contribution in [2.75, 3.05) is 7.05 Å². The number of nitrogens with one attached hydrogen (secondary N) is 1. The van der Waals surface area contributed by atoms with E-state index in [1.807, 2.05) is 6.11 Å². The van der Waals surface area contributed by atoms with Gasteiger partial charge in [-0.15, -0.1) is 0 Å². The maximum atomic E-state index is 10.3. The van der Waals surface area contributed by atoms with Crippen molar-refractivity contribution in [2.45, 2.75) is 64.3 Å². The second-order valence-corrected chi connectivity index (χ2v) is 4.64. The Kier molecular flexibility index (Phi) is 16.7. The zero-order chi connectivity index (χ0) is 16.5. The van der Waals surface area contributed by atoms with Crippen molar-refractivity contribution < 1.29 is 19.8 Å². The fourth-order valence-corrected chi connectivity index (χ4v) is 1.55. The minimum absolute atomic E-state index is 0.0950. The smallest absolute Gasteiger partial charge is 0.320 e. The highest BCUT2D eigenvalue weighted by Gasteiger charge is 2.14. The number of aliphatic carboxylic acids is 1. The number of aliphatic hydroxyl groups is 1. The van der Waals surface area contributed by atoms with Crippen LogP contribution in [-0.4, -0.2) is 35.2 Å². The van der Waals surface area contributed by atoms with Crippen LogP contribution >= 0.6 is 0 Å². The van der Waals surface area contributed by atoms with Gasteiger partial charge in [-0.25, -0.2) is 0 Å². The van der Waals surface area contributed by atoms with Crippen LogP contribution in [0.1, 0.15) is 58.3 Å². The van der Waals surface area contributed by atoms with E-state index in [1.54, 1.807) is 0 Å². The maximum absolute atomic E-state index is 10.3. The summed E-state index contributed by atoms with van der Waals surface area (Å²) in [5.41, 5.74) is 4.84. The quantitative estimate of drug-likeness (QED) is 0.361. The molecular weight excluding hydrogens is 272 g/mol. The lowest BCUT2D eigenvalue weighted by Crippen LogP contribution is -2.34. The van der Waals surface area contributed by atoms with Gasteiger partial charge >= 0.3 is 5.97 Å². The Labute approximate surface area is 127 Å². The van der Waals surface area contributed by atoms with E-state index in [0.717, 1.165) is 12.8 Å². The normalized spacial score (nSPS) is 10.6. The molecule has 6 nitrogen and oxygen atoms in total. The topological polar surface area (TPSA) is 113 Å². The summed E-state index contributed by atoms with van der Waals surface area (Å²) in [4.78, 5) is 20.6. The molecule has 1 atom stereocenters. The van der Waals surface area contributed by atoms with Crippen LogP contribution < -0.4 is 11.1 Å². The van der Waals surface area contributed by atoms with Crippen molar-refractivity contribution in [3.63, 3.8) is 0 Å². The zero-order valence-electron chi connectivity index (χ0n) is 13.0. The van der Waals surface area contributed by atoms with Gasteiger partial charge in [0.05, 0.1) is 0 Å². The molecule has 0 aromatic rings. The van der Waals surface area contributed by atoms with Gasteiger partial charge in [-0.3, -0.25) is 9.59 Å². The summed E-state index contributed by atoms with van der Waals surface area (Å²) in [7, 11) is 1.53. The number of aliphatic hydroxyl groups excluding tert-OH is 1. The summed E-state index contributed by atoms with van der Waals surface area (Å²) in [6.07, 6.45) is 9.39. The molecule has 0 fully saturated rings. The molecule has 0 radical (unpaired) electrons. The Morgan fingerprint density at radius 3 is 2.29 bits per heavy atom. The minimum atomic E-state index is -0.964. The number of nitrogens with two attached hydrogens (primary N) is 1. The Morgan fingerprint density at radius 2 is 1.86 bits per heavy atom. The van der Waals surface area contributed by atoms with Crippen LogP contribution in [-0.2, 0) is 9.59 Å².